The number of carbonyl (C=O) groups excluding carboxylic acids is 1. The first kappa shape index (κ1) is 14.1. The van der Waals surface area contributed by atoms with Crippen molar-refractivity contribution in [1.82, 2.24) is 16.2 Å². The Hall–Kier alpha value is -1.95. The van der Waals surface area contributed by atoms with E-state index in [1.165, 1.54) is 24.3 Å². The van der Waals surface area contributed by atoms with E-state index in [1.54, 1.807) is 0 Å². The molecule has 0 unspecified atom stereocenters. The van der Waals surface area contributed by atoms with Crippen LogP contribution in [0.1, 0.15) is 17.3 Å². The number of thiocarbonyl (C=S) groups is 1. The van der Waals surface area contributed by atoms with Gasteiger partial charge in [0.15, 0.2) is 5.11 Å². The van der Waals surface area contributed by atoms with Gasteiger partial charge in [-0.1, -0.05) is 12.2 Å². The van der Waals surface area contributed by atoms with Crippen LogP contribution in [-0.4, -0.2) is 17.6 Å². The fourth-order valence-electron chi connectivity index (χ4n) is 1.06. The molecule has 3 N–H and O–H groups in total. The summed E-state index contributed by atoms with van der Waals surface area (Å²) in [6, 6.07) is 5.20. The molecular formula is C12H14FN3OS. The minimum absolute atomic E-state index is 0.286. The van der Waals surface area contributed by atoms with Gasteiger partial charge in [0.1, 0.15) is 5.82 Å². The maximum Gasteiger partial charge on any atom is 0.269 e. The van der Waals surface area contributed by atoms with E-state index < -0.39 is 11.7 Å². The minimum Gasteiger partial charge on any atom is -0.358 e. The van der Waals surface area contributed by atoms with E-state index in [-0.39, 0.29) is 5.11 Å². The largest absolute Gasteiger partial charge is 0.358 e. The Bertz CT molecular complexity index is 459. The van der Waals surface area contributed by atoms with Gasteiger partial charge in [0.05, 0.1) is 0 Å². The average molecular weight is 267 g/mol. The zero-order chi connectivity index (χ0) is 13.5. The summed E-state index contributed by atoms with van der Waals surface area (Å²) in [4.78, 5) is 11.6. The van der Waals surface area contributed by atoms with Crippen LogP contribution in [-0.2, 0) is 0 Å². The smallest absolute Gasteiger partial charge is 0.269 e. The van der Waals surface area contributed by atoms with Crippen molar-refractivity contribution in [3.05, 3.63) is 47.8 Å². The van der Waals surface area contributed by atoms with Crippen molar-refractivity contribution in [2.24, 2.45) is 0 Å². The summed E-state index contributed by atoms with van der Waals surface area (Å²) < 4.78 is 12.7. The molecule has 0 saturated heterocycles. The number of halogens is 1. The molecule has 1 aromatic carbocycles. The summed E-state index contributed by atoms with van der Waals surface area (Å²) in [5.74, 6) is -0.785. The van der Waals surface area contributed by atoms with Crippen molar-refractivity contribution in [2.75, 3.05) is 6.54 Å². The third-order valence-electron chi connectivity index (χ3n) is 1.95. The lowest BCUT2D eigenvalue weighted by Crippen LogP contribution is -2.47. The van der Waals surface area contributed by atoms with Gasteiger partial charge in [-0.2, -0.15) is 0 Å². The first-order chi connectivity index (χ1) is 8.49. The first-order valence-electron chi connectivity index (χ1n) is 5.23. The monoisotopic (exact) mass is 267 g/mol. The highest BCUT2D eigenvalue weighted by atomic mass is 32.1. The summed E-state index contributed by atoms with van der Waals surface area (Å²) in [5.41, 5.74) is 6.19. The highest BCUT2D eigenvalue weighted by molar-refractivity contribution is 7.80. The van der Waals surface area contributed by atoms with Crippen LogP contribution >= 0.6 is 12.2 Å². The summed E-state index contributed by atoms with van der Waals surface area (Å²) in [5, 5.41) is 3.13. The number of hydrazine groups is 1. The van der Waals surface area contributed by atoms with Crippen molar-refractivity contribution in [1.29, 1.82) is 0 Å². The van der Waals surface area contributed by atoms with Crippen molar-refractivity contribution in [3.8, 4) is 0 Å². The lowest BCUT2D eigenvalue weighted by atomic mass is 10.2. The van der Waals surface area contributed by atoms with E-state index in [0.29, 0.717) is 12.1 Å². The molecule has 1 rings (SSSR count). The van der Waals surface area contributed by atoms with Crippen LogP contribution in [0.2, 0.25) is 0 Å². The summed E-state index contributed by atoms with van der Waals surface area (Å²) in [6.45, 7) is 6.09. The number of nitrogens with one attached hydrogen (secondary N) is 3. The molecule has 96 valence electrons. The molecule has 0 heterocycles. The first-order valence-corrected chi connectivity index (χ1v) is 5.64. The highest BCUT2D eigenvalue weighted by Gasteiger charge is 2.05. The van der Waals surface area contributed by atoms with Gasteiger partial charge >= 0.3 is 0 Å². The fourth-order valence-corrected chi connectivity index (χ4v) is 1.19. The zero-order valence-corrected chi connectivity index (χ0v) is 10.7. The number of amides is 1. The van der Waals surface area contributed by atoms with Crippen molar-refractivity contribution in [2.45, 2.75) is 6.92 Å². The summed E-state index contributed by atoms with van der Waals surface area (Å²) in [6.07, 6.45) is 0. The van der Waals surface area contributed by atoms with Crippen LogP contribution in [0, 0.1) is 5.82 Å². The molecule has 0 aliphatic carbocycles. The van der Waals surface area contributed by atoms with Gasteiger partial charge in [-0.05, 0) is 43.4 Å². The third-order valence-corrected chi connectivity index (χ3v) is 2.19. The van der Waals surface area contributed by atoms with Gasteiger partial charge in [-0.25, -0.2) is 4.39 Å². The molecular weight excluding hydrogens is 253 g/mol. The molecule has 0 atom stereocenters. The molecule has 6 heteroatoms. The molecule has 1 aromatic rings. The van der Waals surface area contributed by atoms with Crippen LogP contribution < -0.4 is 16.2 Å². The van der Waals surface area contributed by atoms with E-state index in [0.717, 1.165) is 5.57 Å². The van der Waals surface area contributed by atoms with E-state index in [1.807, 2.05) is 6.92 Å². The van der Waals surface area contributed by atoms with Crippen LogP contribution in [0.15, 0.2) is 36.4 Å². The average Bonchev–Trinajstić information content (AvgIpc) is 2.34. The molecule has 0 aromatic heterocycles. The Morgan fingerprint density at radius 3 is 2.50 bits per heavy atom. The van der Waals surface area contributed by atoms with Gasteiger partial charge in [-0.15, -0.1) is 0 Å². The van der Waals surface area contributed by atoms with E-state index in [4.69, 9.17) is 12.2 Å². The van der Waals surface area contributed by atoms with Gasteiger partial charge in [0.25, 0.3) is 5.91 Å². The number of benzene rings is 1. The zero-order valence-electron chi connectivity index (χ0n) is 9.92. The lowest BCUT2D eigenvalue weighted by molar-refractivity contribution is 0.0943. The molecule has 0 aliphatic rings. The predicted molar refractivity (Wildman–Crippen MR) is 72.4 cm³/mol. The number of hydrogen-bond acceptors (Lipinski definition) is 2. The summed E-state index contributed by atoms with van der Waals surface area (Å²) >= 11 is 4.92. The quantitative estimate of drug-likeness (QED) is 0.441. The van der Waals surface area contributed by atoms with Gasteiger partial charge in [-0.3, -0.25) is 15.6 Å². The Morgan fingerprint density at radius 2 is 1.94 bits per heavy atom. The molecule has 0 spiro atoms. The molecule has 0 saturated carbocycles. The Morgan fingerprint density at radius 1 is 1.33 bits per heavy atom. The lowest BCUT2D eigenvalue weighted by Gasteiger charge is -2.11. The van der Waals surface area contributed by atoms with E-state index in [2.05, 4.69) is 22.7 Å². The van der Waals surface area contributed by atoms with Gasteiger partial charge in [0, 0.05) is 12.1 Å². The van der Waals surface area contributed by atoms with E-state index in [9.17, 15) is 9.18 Å². The van der Waals surface area contributed by atoms with Crippen LogP contribution in [0.4, 0.5) is 4.39 Å². The van der Waals surface area contributed by atoms with Gasteiger partial charge < -0.3 is 5.32 Å². The highest BCUT2D eigenvalue weighted by Crippen LogP contribution is 2.01. The molecule has 1 amide bonds. The number of hydrogen-bond donors (Lipinski definition) is 3. The molecule has 0 aliphatic heterocycles. The second-order valence-electron chi connectivity index (χ2n) is 3.73. The molecule has 0 radical (unpaired) electrons. The fraction of sp³-hybridized carbons (Fsp3) is 0.167. The minimum atomic E-state index is -0.394. The molecule has 4 nitrogen and oxygen atoms in total. The number of carbonyl (C=O) groups is 1. The second kappa shape index (κ2) is 6.70. The molecule has 18 heavy (non-hydrogen) atoms. The van der Waals surface area contributed by atoms with Crippen molar-refractivity contribution >= 4 is 23.2 Å². The predicted octanol–water partition coefficient (Wildman–Crippen LogP) is 1.51. The maximum atomic E-state index is 12.7. The molecule has 0 bridgehead atoms. The Labute approximate surface area is 110 Å². The third kappa shape index (κ3) is 4.92. The van der Waals surface area contributed by atoms with Crippen LogP contribution in [0.25, 0.3) is 0 Å². The topological polar surface area (TPSA) is 53.2 Å². The SMILES string of the molecule is C=C(C)CNC(=S)NNC(=O)c1ccc(F)cc1. The van der Waals surface area contributed by atoms with E-state index >= 15 is 0 Å². The second-order valence-corrected chi connectivity index (χ2v) is 4.13. The van der Waals surface area contributed by atoms with Crippen LogP contribution in [0.3, 0.4) is 0 Å². The van der Waals surface area contributed by atoms with Crippen molar-refractivity contribution in [3.63, 3.8) is 0 Å². The van der Waals surface area contributed by atoms with Gasteiger partial charge in [0.2, 0.25) is 0 Å². The molecule has 0 fully saturated rings. The Kier molecular flexibility index (Phi) is 5.26. The normalized spacial score (nSPS) is 9.44. The maximum absolute atomic E-state index is 12.7. The van der Waals surface area contributed by atoms with Crippen LogP contribution in [0.5, 0.6) is 0 Å². The van der Waals surface area contributed by atoms with Crippen molar-refractivity contribution < 1.29 is 9.18 Å². The Balaban J connectivity index is 2.39. The standard InChI is InChI=1S/C12H14FN3OS/c1-8(2)7-14-12(18)16-15-11(17)9-3-5-10(13)6-4-9/h3-6H,1,7H2,2H3,(H,15,17)(H2,14,16,18). The number of rotatable bonds is 3. The summed E-state index contributed by atoms with van der Waals surface area (Å²) in [7, 11) is 0.